The minimum atomic E-state index is 0.0505. The summed E-state index contributed by atoms with van der Waals surface area (Å²) in [5.41, 5.74) is 0.678. The van der Waals surface area contributed by atoms with Crippen molar-refractivity contribution in [2.24, 2.45) is 0 Å². The molecule has 7 nitrogen and oxygen atoms in total. The summed E-state index contributed by atoms with van der Waals surface area (Å²) in [5, 5.41) is 0. The Hall–Kier alpha value is -2.70. The third-order valence-corrected chi connectivity index (χ3v) is 3.87. The van der Waals surface area contributed by atoms with E-state index in [1.807, 2.05) is 11.0 Å². The van der Waals surface area contributed by atoms with E-state index in [4.69, 9.17) is 4.74 Å². The van der Waals surface area contributed by atoms with Gasteiger partial charge in [-0.15, -0.1) is 0 Å². The summed E-state index contributed by atoms with van der Waals surface area (Å²) < 4.78 is 5.15. The molecule has 0 atom stereocenters. The van der Waals surface area contributed by atoms with Crippen molar-refractivity contribution in [2.75, 3.05) is 38.2 Å². The Balaban J connectivity index is 1.68. The lowest BCUT2D eigenvalue weighted by molar-refractivity contribution is 0.0767. The fourth-order valence-electron chi connectivity index (χ4n) is 2.64. The fourth-order valence-corrected chi connectivity index (χ4v) is 2.64. The summed E-state index contributed by atoms with van der Waals surface area (Å²) in [7, 11) is 1.59. The highest BCUT2D eigenvalue weighted by molar-refractivity contribution is 5.94. The highest BCUT2D eigenvalue weighted by Crippen LogP contribution is 2.18. The smallest absolute Gasteiger partial charge is 0.254 e. The molecular weight excluding hydrogens is 294 g/mol. The zero-order valence-corrected chi connectivity index (χ0v) is 13.1. The van der Waals surface area contributed by atoms with Crippen molar-refractivity contribution in [2.45, 2.75) is 6.42 Å². The molecule has 0 N–H and O–H groups in total. The molecule has 1 amide bonds. The molecule has 0 aliphatic carbocycles. The lowest BCUT2D eigenvalue weighted by Crippen LogP contribution is -2.35. The summed E-state index contributed by atoms with van der Waals surface area (Å²) in [4.78, 5) is 28.9. The summed E-state index contributed by atoms with van der Waals surface area (Å²) in [6.07, 6.45) is 5.68. The molecule has 1 aliphatic rings. The highest BCUT2D eigenvalue weighted by Gasteiger charge is 2.21. The van der Waals surface area contributed by atoms with Gasteiger partial charge in [-0.1, -0.05) is 0 Å². The van der Waals surface area contributed by atoms with Gasteiger partial charge in [-0.3, -0.25) is 9.78 Å². The van der Waals surface area contributed by atoms with Gasteiger partial charge >= 0.3 is 0 Å². The molecule has 2 aromatic heterocycles. The molecule has 1 fully saturated rings. The van der Waals surface area contributed by atoms with Crippen molar-refractivity contribution in [1.82, 2.24) is 19.9 Å². The van der Waals surface area contributed by atoms with Crippen molar-refractivity contribution >= 4 is 11.7 Å². The number of carbonyl (C=O) groups is 1. The number of rotatable bonds is 3. The van der Waals surface area contributed by atoms with Crippen LogP contribution < -0.4 is 9.64 Å². The molecule has 1 aliphatic heterocycles. The predicted octanol–water partition coefficient (Wildman–Crippen LogP) is 1.23. The van der Waals surface area contributed by atoms with E-state index >= 15 is 0 Å². The van der Waals surface area contributed by atoms with E-state index in [1.54, 1.807) is 31.6 Å². The maximum Gasteiger partial charge on any atom is 0.254 e. The number of aromatic nitrogens is 3. The molecule has 0 aromatic carbocycles. The molecule has 7 heteroatoms. The summed E-state index contributed by atoms with van der Waals surface area (Å²) in [6.45, 7) is 2.98. The van der Waals surface area contributed by atoms with E-state index in [9.17, 15) is 4.79 Å². The van der Waals surface area contributed by atoms with Gasteiger partial charge in [0.05, 0.1) is 7.11 Å². The third-order valence-electron chi connectivity index (χ3n) is 3.87. The van der Waals surface area contributed by atoms with Crippen LogP contribution >= 0.6 is 0 Å². The predicted molar refractivity (Wildman–Crippen MR) is 85.6 cm³/mol. The maximum absolute atomic E-state index is 12.5. The highest BCUT2D eigenvalue weighted by atomic mass is 16.5. The molecule has 0 spiro atoms. The van der Waals surface area contributed by atoms with Gasteiger partial charge in [-0.25, -0.2) is 9.97 Å². The van der Waals surface area contributed by atoms with Crippen molar-refractivity contribution in [3.63, 3.8) is 0 Å². The SMILES string of the molecule is COc1cc(N2CCCN(C(=O)c3ccncc3)CC2)ncn1. The Morgan fingerprint density at radius 2 is 1.96 bits per heavy atom. The maximum atomic E-state index is 12.5. The first-order valence-electron chi connectivity index (χ1n) is 7.58. The van der Waals surface area contributed by atoms with Crippen LogP contribution in [0.15, 0.2) is 36.9 Å². The standard InChI is InChI=1S/C16H19N5O2/c1-23-15-11-14(18-12-19-15)20-7-2-8-21(10-9-20)16(22)13-3-5-17-6-4-13/h3-6,11-12H,2,7-10H2,1H3. The fraction of sp³-hybridized carbons (Fsp3) is 0.375. The second kappa shape index (κ2) is 7.04. The molecule has 0 bridgehead atoms. The second-order valence-electron chi connectivity index (χ2n) is 5.29. The monoisotopic (exact) mass is 313 g/mol. The van der Waals surface area contributed by atoms with E-state index in [2.05, 4.69) is 19.9 Å². The first-order valence-corrected chi connectivity index (χ1v) is 7.58. The lowest BCUT2D eigenvalue weighted by Gasteiger charge is -2.23. The average molecular weight is 313 g/mol. The number of anilines is 1. The molecule has 0 radical (unpaired) electrons. The number of hydrogen-bond donors (Lipinski definition) is 0. The molecule has 0 unspecified atom stereocenters. The zero-order chi connectivity index (χ0) is 16.1. The molecule has 120 valence electrons. The van der Waals surface area contributed by atoms with Gasteiger partial charge in [-0.05, 0) is 18.6 Å². The topological polar surface area (TPSA) is 71.5 Å². The zero-order valence-electron chi connectivity index (χ0n) is 13.1. The van der Waals surface area contributed by atoms with Crippen LogP contribution in [0.3, 0.4) is 0 Å². The molecular formula is C16H19N5O2. The molecule has 2 aromatic rings. The number of ether oxygens (including phenoxy) is 1. The van der Waals surface area contributed by atoms with Gasteiger partial charge in [-0.2, -0.15) is 0 Å². The van der Waals surface area contributed by atoms with Crippen molar-refractivity contribution in [3.05, 3.63) is 42.5 Å². The number of hydrogen-bond acceptors (Lipinski definition) is 6. The number of methoxy groups -OCH3 is 1. The van der Waals surface area contributed by atoms with Crippen LogP contribution in [-0.2, 0) is 0 Å². The van der Waals surface area contributed by atoms with Gasteiger partial charge < -0.3 is 14.5 Å². The van der Waals surface area contributed by atoms with Crippen molar-refractivity contribution < 1.29 is 9.53 Å². The minimum Gasteiger partial charge on any atom is -0.481 e. The van der Waals surface area contributed by atoms with Crippen LogP contribution in [-0.4, -0.2) is 59.0 Å². The van der Waals surface area contributed by atoms with Crippen LogP contribution in [0.4, 0.5) is 5.82 Å². The van der Waals surface area contributed by atoms with Crippen LogP contribution in [0.2, 0.25) is 0 Å². The Kier molecular flexibility index (Phi) is 4.65. The minimum absolute atomic E-state index is 0.0505. The Morgan fingerprint density at radius 3 is 2.74 bits per heavy atom. The van der Waals surface area contributed by atoms with Gasteiger partial charge in [0.1, 0.15) is 12.1 Å². The summed E-state index contributed by atoms with van der Waals surface area (Å²) >= 11 is 0. The molecule has 3 heterocycles. The van der Waals surface area contributed by atoms with E-state index in [0.717, 1.165) is 31.9 Å². The van der Waals surface area contributed by atoms with E-state index in [0.29, 0.717) is 18.0 Å². The lowest BCUT2D eigenvalue weighted by atomic mass is 10.2. The number of pyridine rings is 1. The molecule has 23 heavy (non-hydrogen) atoms. The largest absolute Gasteiger partial charge is 0.481 e. The van der Waals surface area contributed by atoms with Gasteiger partial charge in [0, 0.05) is 50.2 Å². The van der Waals surface area contributed by atoms with Gasteiger partial charge in [0.15, 0.2) is 0 Å². The third kappa shape index (κ3) is 3.56. The Morgan fingerprint density at radius 1 is 1.13 bits per heavy atom. The average Bonchev–Trinajstić information content (AvgIpc) is 2.88. The normalized spacial score (nSPS) is 15.2. The van der Waals surface area contributed by atoms with Gasteiger partial charge in [0.2, 0.25) is 5.88 Å². The van der Waals surface area contributed by atoms with E-state index < -0.39 is 0 Å². The Labute approximate surface area is 134 Å². The quantitative estimate of drug-likeness (QED) is 0.849. The van der Waals surface area contributed by atoms with Crippen LogP contribution in [0, 0.1) is 0 Å². The van der Waals surface area contributed by atoms with Crippen LogP contribution in [0.25, 0.3) is 0 Å². The second-order valence-corrected chi connectivity index (χ2v) is 5.29. The van der Waals surface area contributed by atoms with Gasteiger partial charge in [0.25, 0.3) is 5.91 Å². The summed E-state index contributed by atoms with van der Waals surface area (Å²) in [5.74, 6) is 1.42. The number of nitrogens with zero attached hydrogens (tertiary/aromatic N) is 5. The summed E-state index contributed by atoms with van der Waals surface area (Å²) in [6, 6.07) is 5.32. The van der Waals surface area contributed by atoms with E-state index in [-0.39, 0.29) is 5.91 Å². The molecule has 0 saturated carbocycles. The molecule has 3 rings (SSSR count). The van der Waals surface area contributed by atoms with Crippen molar-refractivity contribution in [3.8, 4) is 5.88 Å². The number of amides is 1. The first kappa shape index (κ1) is 15.2. The van der Waals surface area contributed by atoms with Crippen LogP contribution in [0.1, 0.15) is 16.8 Å². The molecule has 1 saturated heterocycles. The van der Waals surface area contributed by atoms with Crippen molar-refractivity contribution in [1.29, 1.82) is 0 Å². The van der Waals surface area contributed by atoms with Crippen LogP contribution in [0.5, 0.6) is 5.88 Å². The number of carbonyl (C=O) groups excluding carboxylic acids is 1. The van der Waals surface area contributed by atoms with E-state index in [1.165, 1.54) is 6.33 Å². The Bertz CT molecular complexity index is 665. The first-order chi connectivity index (χ1) is 11.3.